The first-order valence-electron chi connectivity index (χ1n) is 8.78. The van der Waals surface area contributed by atoms with E-state index in [1.54, 1.807) is 6.07 Å². The molecule has 27 heavy (non-hydrogen) atoms. The van der Waals surface area contributed by atoms with Crippen LogP contribution in [-0.4, -0.2) is 36.5 Å². The van der Waals surface area contributed by atoms with E-state index in [0.717, 1.165) is 16.1 Å². The SMILES string of the molecule is CCOCCCN1C(=O)C(Nc2ccc(Cl)cc2C)=C(c2cccs2)C1=O. The third-order valence-electron chi connectivity index (χ3n) is 4.26. The van der Waals surface area contributed by atoms with Gasteiger partial charge in [0, 0.05) is 35.3 Å². The van der Waals surface area contributed by atoms with Crippen LogP contribution in [0.1, 0.15) is 23.8 Å². The fourth-order valence-corrected chi connectivity index (χ4v) is 3.91. The van der Waals surface area contributed by atoms with Crippen LogP contribution in [-0.2, 0) is 14.3 Å². The first-order chi connectivity index (χ1) is 13.0. The van der Waals surface area contributed by atoms with Gasteiger partial charge in [-0.2, -0.15) is 0 Å². The van der Waals surface area contributed by atoms with Crippen LogP contribution in [0, 0.1) is 6.92 Å². The number of nitrogens with zero attached hydrogens (tertiary/aromatic N) is 1. The molecule has 7 heteroatoms. The number of imide groups is 1. The zero-order chi connectivity index (χ0) is 19.4. The van der Waals surface area contributed by atoms with Crippen LogP contribution in [0.3, 0.4) is 0 Å². The molecular weight excluding hydrogens is 384 g/mol. The van der Waals surface area contributed by atoms with Gasteiger partial charge in [0.2, 0.25) is 0 Å². The minimum Gasteiger partial charge on any atom is -0.382 e. The molecule has 0 saturated heterocycles. The van der Waals surface area contributed by atoms with E-state index in [9.17, 15) is 9.59 Å². The number of halogens is 1. The number of nitrogens with one attached hydrogen (secondary N) is 1. The minimum atomic E-state index is -0.311. The highest BCUT2D eigenvalue weighted by Gasteiger charge is 2.39. The van der Waals surface area contributed by atoms with Crippen LogP contribution in [0.4, 0.5) is 5.69 Å². The number of hydrogen-bond acceptors (Lipinski definition) is 5. The van der Waals surface area contributed by atoms with E-state index >= 15 is 0 Å². The van der Waals surface area contributed by atoms with Crippen LogP contribution in [0.25, 0.3) is 5.57 Å². The van der Waals surface area contributed by atoms with Crippen molar-refractivity contribution in [2.24, 2.45) is 0 Å². The molecule has 2 heterocycles. The number of carbonyl (C=O) groups is 2. The lowest BCUT2D eigenvalue weighted by Crippen LogP contribution is -2.34. The summed E-state index contributed by atoms with van der Waals surface area (Å²) in [6.45, 7) is 5.28. The van der Waals surface area contributed by atoms with Gasteiger partial charge in [0.05, 0.1) is 5.57 Å². The number of thiophene rings is 1. The van der Waals surface area contributed by atoms with Crippen molar-refractivity contribution in [3.05, 3.63) is 56.9 Å². The lowest BCUT2D eigenvalue weighted by Gasteiger charge is -2.15. The average molecular weight is 405 g/mol. The van der Waals surface area contributed by atoms with Gasteiger partial charge in [-0.1, -0.05) is 17.7 Å². The van der Waals surface area contributed by atoms with Gasteiger partial charge in [-0.25, -0.2) is 0 Å². The molecule has 0 atom stereocenters. The Morgan fingerprint density at radius 3 is 2.70 bits per heavy atom. The lowest BCUT2D eigenvalue weighted by atomic mass is 10.1. The van der Waals surface area contributed by atoms with Crippen molar-refractivity contribution in [2.75, 3.05) is 25.1 Å². The van der Waals surface area contributed by atoms with Gasteiger partial charge < -0.3 is 10.1 Å². The van der Waals surface area contributed by atoms with Crippen LogP contribution in [0.15, 0.2) is 41.4 Å². The lowest BCUT2D eigenvalue weighted by molar-refractivity contribution is -0.137. The fraction of sp³-hybridized carbons (Fsp3) is 0.300. The third-order valence-corrected chi connectivity index (χ3v) is 5.38. The number of carbonyl (C=O) groups excluding carboxylic acids is 2. The number of hydrogen-bond donors (Lipinski definition) is 1. The topological polar surface area (TPSA) is 58.6 Å². The van der Waals surface area contributed by atoms with E-state index < -0.39 is 0 Å². The molecular formula is C20H21ClN2O3S. The second-order valence-electron chi connectivity index (χ2n) is 6.12. The second-order valence-corrected chi connectivity index (χ2v) is 7.51. The van der Waals surface area contributed by atoms with Gasteiger partial charge in [-0.05, 0) is 55.5 Å². The Kier molecular flexibility index (Phi) is 6.31. The minimum absolute atomic E-state index is 0.270. The van der Waals surface area contributed by atoms with Crippen molar-refractivity contribution in [3.8, 4) is 0 Å². The van der Waals surface area contributed by atoms with Gasteiger partial charge in [-0.15, -0.1) is 11.3 Å². The maximum atomic E-state index is 13.0. The van der Waals surface area contributed by atoms with Crippen molar-refractivity contribution in [1.82, 2.24) is 4.90 Å². The van der Waals surface area contributed by atoms with Gasteiger partial charge in [0.25, 0.3) is 11.8 Å². The molecule has 0 bridgehead atoms. The summed E-state index contributed by atoms with van der Waals surface area (Å²) in [5.74, 6) is -0.581. The molecule has 2 amide bonds. The number of rotatable bonds is 8. The number of anilines is 1. The number of aryl methyl sites for hydroxylation is 1. The van der Waals surface area contributed by atoms with Gasteiger partial charge >= 0.3 is 0 Å². The molecule has 0 fully saturated rings. The van der Waals surface area contributed by atoms with E-state index in [2.05, 4.69) is 5.32 Å². The molecule has 1 aliphatic heterocycles. The fourth-order valence-electron chi connectivity index (χ4n) is 2.92. The van der Waals surface area contributed by atoms with E-state index in [-0.39, 0.29) is 11.8 Å². The molecule has 2 aromatic rings. The van der Waals surface area contributed by atoms with E-state index in [4.69, 9.17) is 16.3 Å². The first kappa shape index (κ1) is 19.6. The van der Waals surface area contributed by atoms with Crippen LogP contribution < -0.4 is 5.32 Å². The van der Waals surface area contributed by atoms with Crippen molar-refractivity contribution >= 4 is 46.0 Å². The molecule has 5 nitrogen and oxygen atoms in total. The zero-order valence-corrected chi connectivity index (χ0v) is 16.8. The molecule has 0 spiro atoms. The van der Waals surface area contributed by atoms with Gasteiger partial charge in [0.1, 0.15) is 5.70 Å². The Hall–Kier alpha value is -2.15. The molecule has 1 aliphatic rings. The summed E-state index contributed by atoms with van der Waals surface area (Å²) in [4.78, 5) is 28.0. The van der Waals surface area contributed by atoms with Crippen LogP contribution >= 0.6 is 22.9 Å². The summed E-state index contributed by atoms with van der Waals surface area (Å²) in [5, 5.41) is 5.68. The number of amides is 2. The zero-order valence-electron chi connectivity index (χ0n) is 15.3. The molecule has 1 N–H and O–H groups in total. The summed E-state index contributed by atoms with van der Waals surface area (Å²) in [7, 11) is 0. The summed E-state index contributed by atoms with van der Waals surface area (Å²) >= 11 is 7.46. The maximum absolute atomic E-state index is 13.0. The summed E-state index contributed by atoms with van der Waals surface area (Å²) in [6, 6.07) is 9.10. The summed E-state index contributed by atoms with van der Waals surface area (Å²) in [6.07, 6.45) is 0.607. The Morgan fingerprint density at radius 1 is 1.22 bits per heavy atom. The molecule has 0 aliphatic carbocycles. The Morgan fingerprint density at radius 2 is 2.04 bits per heavy atom. The smallest absolute Gasteiger partial charge is 0.278 e. The molecule has 3 rings (SSSR count). The first-order valence-corrected chi connectivity index (χ1v) is 10.0. The third kappa shape index (κ3) is 4.24. The van der Waals surface area contributed by atoms with Crippen LogP contribution in [0.2, 0.25) is 5.02 Å². The van der Waals surface area contributed by atoms with Crippen LogP contribution in [0.5, 0.6) is 0 Å². The quantitative estimate of drug-likeness (QED) is 0.525. The Bertz CT molecular complexity index is 877. The number of benzene rings is 1. The van der Waals surface area contributed by atoms with Crippen molar-refractivity contribution in [3.63, 3.8) is 0 Å². The molecule has 1 aromatic heterocycles. The summed E-state index contributed by atoms with van der Waals surface area (Å²) in [5.41, 5.74) is 2.38. The summed E-state index contributed by atoms with van der Waals surface area (Å²) < 4.78 is 5.32. The van der Waals surface area contributed by atoms with E-state index in [1.807, 2.05) is 43.5 Å². The average Bonchev–Trinajstić information content (AvgIpc) is 3.23. The van der Waals surface area contributed by atoms with E-state index in [1.165, 1.54) is 16.2 Å². The Balaban J connectivity index is 1.91. The maximum Gasteiger partial charge on any atom is 0.278 e. The van der Waals surface area contributed by atoms with Gasteiger partial charge in [-0.3, -0.25) is 14.5 Å². The second kappa shape index (κ2) is 8.69. The largest absolute Gasteiger partial charge is 0.382 e. The predicted octanol–water partition coefficient (Wildman–Crippen LogP) is 4.33. The standard InChI is InChI=1S/C20H21ClN2O3S/c1-3-26-10-5-9-23-19(24)17(16-6-4-11-27-16)18(20(23)25)22-15-8-7-14(21)12-13(15)2/h4,6-8,11-12,22H,3,5,9-10H2,1-2H3. The molecule has 0 unspecified atom stereocenters. The normalized spacial score (nSPS) is 14.4. The monoisotopic (exact) mass is 404 g/mol. The van der Waals surface area contributed by atoms with E-state index in [0.29, 0.717) is 42.5 Å². The number of ether oxygens (including phenoxy) is 1. The van der Waals surface area contributed by atoms with Crippen molar-refractivity contribution < 1.29 is 14.3 Å². The molecule has 0 radical (unpaired) electrons. The van der Waals surface area contributed by atoms with Crippen molar-refractivity contribution in [2.45, 2.75) is 20.3 Å². The molecule has 1 aromatic carbocycles. The molecule has 0 saturated carbocycles. The van der Waals surface area contributed by atoms with Gasteiger partial charge in [0.15, 0.2) is 0 Å². The highest BCUT2D eigenvalue weighted by atomic mass is 35.5. The highest BCUT2D eigenvalue weighted by molar-refractivity contribution is 7.11. The Labute approximate surface area is 167 Å². The molecule has 142 valence electrons. The highest BCUT2D eigenvalue weighted by Crippen LogP contribution is 2.33. The van der Waals surface area contributed by atoms with Crippen molar-refractivity contribution in [1.29, 1.82) is 0 Å². The predicted molar refractivity (Wildman–Crippen MR) is 109 cm³/mol.